The predicted molar refractivity (Wildman–Crippen MR) is 92.2 cm³/mol. The molecule has 24 heavy (non-hydrogen) atoms. The average molecular weight is 410 g/mol. The SMILES string of the molecule is COc1c(Br)cc(Cl)cc1[C@H]1C(C#N)=C(N)OC2=C1C(=O)CCC2. The zero-order valence-corrected chi connectivity index (χ0v) is 15.2. The number of rotatable bonds is 2. The van der Waals surface area contributed by atoms with Crippen LogP contribution in [-0.4, -0.2) is 12.9 Å². The molecule has 0 spiro atoms. The quantitative estimate of drug-likeness (QED) is 0.800. The summed E-state index contributed by atoms with van der Waals surface area (Å²) in [5.41, 5.74) is 7.22. The molecule has 0 unspecified atom stereocenters. The van der Waals surface area contributed by atoms with E-state index in [1.165, 1.54) is 7.11 Å². The minimum absolute atomic E-state index is 0.0223. The maximum absolute atomic E-state index is 12.6. The monoisotopic (exact) mass is 408 g/mol. The molecule has 0 amide bonds. The van der Waals surface area contributed by atoms with E-state index in [0.29, 0.717) is 51.4 Å². The highest BCUT2D eigenvalue weighted by molar-refractivity contribution is 9.10. The van der Waals surface area contributed by atoms with Crippen molar-refractivity contribution in [1.82, 2.24) is 0 Å². The lowest BCUT2D eigenvalue weighted by Gasteiger charge is -2.31. The molecule has 1 aliphatic heterocycles. The first kappa shape index (κ1) is 16.9. The molecule has 2 N–H and O–H groups in total. The molecule has 0 radical (unpaired) electrons. The van der Waals surface area contributed by atoms with Gasteiger partial charge in [-0.3, -0.25) is 4.79 Å². The van der Waals surface area contributed by atoms with Gasteiger partial charge in [0.2, 0.25) is 5.88 Å². The van der Waals surface area contributed by atoms with Gasteiger partial charge in [0.15, 0.2) is 5.78 Å². The number of carbonyl (C=O) groups is 1. The Kier molecular flexibility index (Phi) is 4.57. The number of benzene rings is 1. The predicted octanol–water partition coefficient (Wildman–Crippen LogP) is 3.93. The highest BCUT2D eigenvalue weighted by Gasteiger charge is 2.39. The highest BCUT2D eigenvalue weighted by Crippen LogP contribution is 2.48. The topological polar surface area (TPSA) is 85.3 Å². The van der Waals surface area contributed by atoms with Crippen molar-refractivity contribution in [2.75, 3.05) is 7.11 Å². The number of halogens is 2. The van der Waals surface area contributed by atoms with Gasteiger partial charge in [-0.25, -0.2) is 0 Å². The molecule has 0 saturated carbocycles. The van der Waals surface area contributed by atoms with Gasteiger partial charge in [0.25, 0.3) is 0 Å². The molecule has 3 rings (SSSR count). The second kappa shape index (κ2) is 6.50. The van der Waals surface area contributed by atoms with Crippen molar-refractivity contribution in [3.05, 3.63) is 50.0 Å². The molecule has 1 aromatic carbocycles. The van der Waals surface area contributed by atoms with Crippen molar-refractivity contribution in [2.45, 2.75) is 25.2 Å². The maximum atomic E-state index is 12.6. The van der Waals surface area contributed by atoms with E-state index < -0.39 is 5.92 Å². The van der Waals surface area contributed by atoms with Crippen LogP contribution in [0.25, 0.3) is 0 Å². The summed E-state index contributed by atoms with van der Waals surface area (Å²) >= 11 is 9.60. The minimum atomic E-state index is -0.642. The van der Waals surface area contributed by atoms with Crippen LogP contribution in [0.4, 0.5) is 0 Å². The summed E-state index contributed by atoms with van der Waals surface area (Å²) in [6.45, 7) is 0. The Hall–Kier alpha value is -1.97. The Morgan fingerprint density at radius 1 is 1.46 bits per heavy atom. The van der Waals surface area contributed by atoms with Crippen molar-refractivity contribution in [1.29, 1.82) is 5.26 Å². The van der Waals surface area contributed by atoms with E-state index in [4.69, 9.17) is 26.8 Å². The number of hydrogen-bond acceptors (Lipinski definition) is 5. The van der Waals surface area contributed by atoms with Crippen molar-refractivity contribution in [3.63, 3.8) is 0 Å². The number of nitrogens with zero attached hydrogens (tertiary/aromatic N) is 1. The summed E-state index contributed by atoms with van der Waals surface area (Å²) in [5.74, 6) is 0.383. The third-order valence-corrected chi connectivity index (χ3v) is 4.96. The highest BCUT2D eigenvalue weighted by atomic mass is 79.9. The fourth-order valence-electron chi connectivity index (χ4n) is 3.18. The first-order valence-electron chi connectivity index (χ1n) is 7.34. The fraction of sp³-hybridized carbons (Fsp3) is 0.294. The van der Waals surface area contributed by atoms with Crippen LogP contribution < -0.4 is 10.5 Å². The number of ketones is 1. The standard InChI is InChI=1S/C17H14BrClN2O3/c1-23-16-9(5-8(19)6-11(16)18)14-10(7-20)17(21)24-13-4-2-3-12(22)15(13)14/h5-6,14H,2-4,21H2,1H3/t14-/m0/s1. The molecule has 2 aliphatic rings. The third kappa shape index (κ3) is 2.68. The van der Waals surface area contributed by atoms with Crippen LogP contribution in [0.1, 0.15) is 30.7 Å². The molecule has 7 heteroatoms. The lowest BCUT2D eigenvalue weighted by atomic mass is 9.77. The maximum Gasteiger partial charge on any atom is 0.205 e. The Labute approximate surface area is 152 Å². The third-order valence-electron chi connectivity index (χ3n) is 4.16. The van der Waals surface area contributed by atoms with Crippen molar-refractivity contribution in [3.8, 4) is 11.8 Å². The van der Waals surface area contributed by atoms with Crippen LogP contribution in [0.2, 0.25) is 5.02 Å². The first-order valence-corrected chi connectivity index (χ1v) is 8.51. The van der Waals surface area contributed by atoms with Gasteiger partial charge in [-0.05, 0) is 34.5 Å². The summed E-state index contributed by atoms with van der Waals surface area (Å²) in [7, 11) is 1.52. The molecule has 5 nitrogen and oxygen atoms in total. The zero-order valence-electron chi connectivity index (χ0n) is 12.9. The second-order valence-corrected chi connectivity index (χ2v) is 6.84. The molecule has 1 heterocycles. The van der Waals surface area contributed by atoms with E-state index in [1.807, 2.05) is 0 Å². The van der Waals surface area contributed by atoms with Crippen molar-refractivity contribution < 1.29 is 14.3 Å². The first-order chi connectivity index (χ1) is 11.5. The molecular formula is C17H14BrClN2O3. The van der Waals surface area contributed by atoms with Crippen LogP contribution in [0, 0.1) is 11.3 Å². The van der Waals surface area contributed by atoms with Crippen LogP contribution in [0.15, 0.2) is 39.4 Å². The van der Waals surface area contributed by atoms with Crippen LogP contribution in [-0.2, 0) is 9.53 Å². The number of methoxy groups -OCH3 is 1. The smallest absolute Gasteiger partial charge is 0.205 e. The van der Waals surface area contributed by atoms with Gasteiger partial charge in [0.1, 0.15) is 23.2 Å². The molecule has 1 aromatic rings. The van der Waals surface area contributed by atoms with Gasteiger partial charge in [-0.2, -0.15) is 5.26 Å². The Morgan fingerprint density at radius 3 is 2.88 bits per heavy atom. The normalized spacial score (nSPS) is 20.4. The molecule has 1 atom stereocenters. The van der Waals surface area contributed by atoms with E-state index in [2.05, 4.69) is 22.0 Å². The number of Topliss-reactive ketones (excluding diaryl/α,β-unsaturated/α-hetero) is 1. The molecule has 0 fully saturated rings. The minimum Gasteiger partial charge on any atom is -0.495 e. The molecule has 0 bridgehead atoms. The van der Waals surface area contributed by atoms with Crippen LogP contribution in [0.3, 0.4) is 0 Å². The van der Waals surface area contributed by atoms with Crippen molar-refractivity contribution in [2.24, 2.45) is 5.73 Å². The largest absolute Gasteiger partial charge is 0.495 e. The molecule has 0 saturated heterocycles. The summed E-state index contributed by atoms with van der Waals surface area (Å²) < 4.78 is 11.7. The summed E-state index contributed by atoms with van der Waals surface area (Å²) in [5, 5.41) is 10.0. The molecule has 0 aromatic heterocycles. The lowest BCUT2D eigenvalue weighted by molar-refractivity contribution is -0.116. The van der Waals surface area contributed by atoms with E-state index in [9.17, 15) is 10.1 Å². The van der Waals surface area contributed by atoms with Crippen molar-refractivity contribution >= 4 is 33.3 Å². The number of carbonyl (C=O) groups excluding carboxylic acids is 1. The molecule has 124 valence electrons. The number of ether oxygens (including phenoxy) is 2. The summed E-state index contributed by atoms with van der Waals surface area (Å²) in [4.78, 5) is 12.6. The lowest BCUT2D eigenvalue weighted by Crippen LogP contribution is -2.27. The Morgan fingerprint density at radius 2 is 2.21 bits per heavy atom. The Balaban J connectivity index is 2.30. The number of allylic oxidation sites excluding steroid dienone is 3. The van der Waals surface area contributed by atoms with E-state index in [0.717, 1.165) is 0 Å². The van der Waals surface area contributed by atoms with Gasteiger partial charge in [-0.15, -0.1) is 0 Å². The Bertz CT molecular complexity index is 839. The molecular weight excluding hydrogens is 396 g/mol. The van der Waals surface area contributed by atoms with E-state index in [-0.39, 0.29) is 17.2 Å². The van der Waals surface area contributed by atoms with Gasteiger partial charge in [0.05, 0.1) is 17.5 Å². The summed E-state index contributed by atoms with van der Waals surface area (Å²) in [6, 6.07) is 5.46. The number of nitriles is 1. The zero-order chi connectivity index (χ0) is 17.4. The molecule has 1 aliphatic carbocycles. The number of nitrogens with two attached hydrogens (primary N) is 1. The van der Waals surface area contributed by atoms with Gasteiger partial charge in [-0.1, -0.05) is 11.6 Å². The number of hydrogen-bond donors (Lipinski definition) is 1. The average Bonchev–Trinajstić information content (AvgIpc) is 2.53. The van der Waals surface area contributed by atoms with Crippen LogP contribution >= 0.6 is 27.5 Å². The summed E-state index contributed by atoms with van der Waals surface area (Å²) in [6.07, 6.45) is 1.73. The fourth-order valence-corrected chi connectivity index (χ4v) is 4.17. The van der Waals surface area contributed by atoms with Gasteiger partial charge < -0.3 is 15.2 Å². The van der Waals surface area contributed by atoms with Gasteiger partial charge >= 0.3 is 0 Å². The van der Waals surface area contributed by atoms with Crippen LogP contribution in [0.5, 0.6) is 5.75 Å². The second-order valence-electron chi connectivity index (χ2n) is 5.55. The van der Waals surface area contributed by atoms with Gasteiger partial charge in [0, 0.05) is 29.0 Å². The van der Waals surface area contributed by atoms with E-state index in [1.54, 1.807) is 12.1 Å². The van der Waals surface area contributed by atoms with E-state index >= 15 is 0 Å².